The van der Waals surface area contributed by atoms with Crippen molar-refractivity contribution in [3.63, 3.8) is 0 Å². The second kappa shape index (κ2) is 7.36. The van der Waals surface area contributed by atoms with Gasteiger partial charge in [-0.25, -0.2) is 9.48 Å². The van der Waals surface area contributed by atoms with Gasteiger partial charge in [0.15, 0.2) is 0 Å². The monoisotopic (exact) mass is 345 g/mol. The van der Waals surface area contributed by atoms with Crippen LogP contribution in [0.1, 0.15) is 5.56 Å². The maximum atomic E-state index is 11.2. The van der Waals surface area contributed by atoms with Crippen LogP contribution in [0.2, 0.25) is 0 Å². The summed E-state index contributed by atoms with van der Waals surface area (Å²) in [5.74, 6) is -0.680. The van der Waals surface area contributed by atoms with Crippen LogP contribution in [-0.2, 0) is 4.79 Å². The average molecular weight is 345 g/mol. The van der Waals surface area contributed by atoms with Crippen LogP contribution in [0.3, 0.4) is 0 Å². The highest BCUT2D eigenvalue weighted by atomic mass is 16.5. The van der Waals surface area contributed by atoms with E-state index in [1.807, 2.05) is 48.5 Å². The van der Waals surface area contributed by atoms with Gasteiger partial charge in [0.05, 0.1) is 12.8 Å². The number of methoxy groups -OCH3 is 1. The lowest BCUT2D eigenvalue weighted by molar-refractivity contribution is -0.132. The summed E-state index contributed by atoms with van der Waals surface area (Å²) >= 11 is 0. The Morgan fingerprint density at radius 2 is 1.88 bits per heavy atom. The molecule has 0 saturated carbocycles. The number of ether oxygens (including phenoxy) is 1. The summed E-state index contributed by atoms with van der Waals surface area (Å²) in [5, 5.41) is 22.9. The number of rotatable bonds is 5. The lowest BCUT2D eigenvalue weighted by Crippen LogP contribution is -1.97. The zero-order valence-electron chi connectivity index (χ0n) is 14.0. The second-order valence-electron chi connectivity index (χ2n) is 5.39. The number of carboxylic acids is 1. The predicted octanol–water partition coefficient (Wildman–Crippen LogP) is 3.54. The SMILES string of the molecule is COc1ccccc1-c1nn(-c2ccccc2)cc1/C=C(\C#N)C(=O)O. The number of benzene rings is 2. The molecular formula is C20H15N3O3. The summed E-state index contributed by atoms with van der Waals surface area (Å²) in [6.45, 7) is 0. The maximum Gasteiger partial charge on any atom is 0.346 e. The van der Waals surface area contributed by atoms with E-state index in [-0.39, 0.29) is 5.57 Å². The minimum absolute atomic E-state index is 0.367. The Morgan fingerprint density at radius 1 is 1.19 bits per heavy atom. The minimum atomic E-state index is -1.29. The zero-order chi connectivity index (χ0) is 18.5. The van der Waals surface area contributed by atoms with Crippen molar-refractivity contribution in [2.45, 2.75) is 0 Å². The molecule has 0 amide bonds. The molecule has 26 heavy (non-hydrogen) atoms. The first kappa shape index (κ1) is 17.0. The Morgan fingerprint density at radius 3 is 2.54 bits per heavy atom. The molecule has 0 atom stereocenters. The van der Waals surface area contributed by atoms with Crippen molar-refractivity contribution in [1.82, 2.24) is 9.78 Å². The number of nitriles is 1. The first-order chi connectivity index (χ1) is 12.6. The van der Waals surface area contributed by atoms with Crippen LogP contribution in [0.25, 0.3) is 23.0 Å². The van der Waals surface area contributed by atoms with Crippen LogP contribution in [-0.4, -0.2) is 28.0 Å². The number of aromatic nitrogens is 2. The molecule has 0 fully saturated rings. The van der Waals surface area contributed by atoms with Gasteiger partial charge in [-0.2, -0.15) is 10.4 Å². The zero-order valence-corrected chi connectivity index (χ0v) is 14.0. The summed E-state index contributed by atoms with van der Waals surface area (Å²) in [5.41, 5.74) is 2.20. The molecule has 0 spiro atoms. The van der Waals surface area contributed by atoms with Gasteiger partial charge in [0, 0.05) is 17.3 Å². The molecule has 128 valence electrons. The van der Waals surface area contributed by atoms with Gasteiger partial charge in [-0.3, -0.25) is 0 Å². The lowest BCUT2D eigenvalue weighted by Gasteiger charge is -2.06. The normalized spacial score (nSPS) is 11.0. The third-order valence-electron chi connectivity index (χ3n) is 3.78. The third kappa shape index (κ3) is 3.32. The Labute approximate surface area is 150 Å². The molecule has 2 aromatic carbocycles. The van der Waals surface area contributed by atoms with E-state index in [4.69, 9.17) is 10.00 Å². The summed E-state index contributed by atoms with van der Waals surface area (Å²) in [4.78, 5) is 11.2. The molecule has 3 aromatic rings. The molecule has 1 N–H and O–H groups in total. The van der Waals surface area contributed by atoms with Crippen molar-refractivity contribution in [2.24, 2.45) is 0 Å². The Balaban J connectivity index is 2.23. The average Bonchev–Trinajstić information content (AvgIpc) is 3.10. The summed E-state index contributed by atoms with van der Waals surface area (Å²) < 4.78 is 7.04. The van der Waals surface area contributed by atoms with Crippen LogP contribution in [0.15, 0.2) is 66.4 Å². The molecule has 1 aromatic heterocycles. The van der Waals surface area contributed by atoms with Gasteiger partial charge in [0.1, 0.15) is 23.1 Å². The highest BCUT2D eigenvalue weighted by Gasteiger charge is 2.16. The van der Waals surface area contributed by atoms with Gasteiger partial charge in [-0.15, -0.1) is 0 Å². The topological polar surface area (TPSA) is 88.1 Å². The fraction of sp³-hybridized carbons (Fsp3) is 0.0500. The van der Waals surface area contributed by atoms with Gasteiger partial charge in [-0.1, -0.05) is 30.3 Å². The lowest BCUT2D eigenvalue weighted by atomic mass is 10.1. The number of para-hydroxylation sites is 2. The van der Waals surface area contributed by atoms with Crippen molar-refractivity contribution >= 4 is 12.0 Å². The smallest absolute Gasteiger partial charge is 0.346 e. The molecule has 6 heteroatoms. The van der Waals surface area contributed by atoms with E-state index in [1.165, 1.54) is 6.08 Å². The number of hydrogen-bond donors (Lipinski definition) is 1. The van der Waals surface area contributed by atoms with Gasteiger partial charge >= 0.3 is 5.97 Å². The highest BCUT2D eigenvalue weighted by Crippen LogP contribution is 2.32. The molecule has 0 aliphatic heterocycles. The van der Waals surface area contributed by atoms with Crippen LogP contribution in [0.5, 0.6) is 5.75 Å². The Hall–Kier alpha value is -3.85. The van der Waals surface area contributed by atoms with E-state index in [9.17, 15) is 9.90 Å². The molecule has 0 radical (unpaired) electrons. The van der Waals surface area contributed by atoms with E-state index >= 15 is 0 Å². The van der Waals surface area contributed by atoms with Crippen molar-refractivity contribution in [2.75, 3.05) is 7.11 Å². The van der Waals surface area contributed by atoms with E-state index in [0.29, 0.717) is 22.6 Å². The molecule has 0 aliphatic rings. The van der Waals surface area contributed by atoms with Crippen molar-refractivity contribution < 1.29 is 14.6 Å². The number of carbonyl (C=O) groups is 1. The Bertz CT molecular complexity index is 1010. The fourth-order valence-corrected chi connectivity index (χ4v) is 2.55. The van der Waals surface area contributed by atoms with Gasteiger partial charge in [-0.05, 0) is 30.3 Å². The van der Waals surface area contributed by atoms with Gasteiger partial charge < -0.3 is 9.84 Å². The van der Waals surface area contributed by atoms with Gasteiger partial charge in [0.25, 0.3) is 0 Å². The first-order valence-electron chi connectivity index (χ1n) is 7.77. The van der Waals surface area contributed by atoms with Crippen molar-refractivity contribution in [1.29, 1.82) is 5.26 Å². The number of carboxylic acid groups (broad SMARTS) is 1. The van der Waals surface area contributed by atoms with E-state index in [2.05, 4.69) is 5.10 Å². The number of hydrogen-bond acceptors (Lipinski definition) is 4. The molecule has 0 saturated heterocycles. The number of nitrogens with zero attached hydrogens (tertiary/aromatic N) is 3. The standard InChI is InChI=1S/C20H15N3O3/c1-26-18-10-6-5-9-17(18)19-15(11-14(12-21)20(24)25)13-23(22-19)16-7-3-2-4-8-16/h2-11,13H,1H3,(H,24,25)/b14-11+. The first-order valence-corrected chi connectivity index (χ1v) is 7.77. The molecule has 6 nitrogen and oxygen atoms in total. The van der Waals surface area contributed by atoms with Crippen molar-refractivity contribution in [3.8, 4) is 28.8 Å². The molecule has 0 aliphatic carbocycles. The fourth-order valence-electron chi connectivity index (χ4n) is 2.55. The largest absolute Gasteiger partial charge is 0.496 e. The van der Waals surface area contributed by atoms with E-state index in [1.54, 1.807) is 30.1 Å². The minimum Gasteiger partial charge on any atom is -0.496 e. The summed E-state index contributed by atoms with van der Waals surface area (Å²) in [6.07, 6.45) is 3.01. The third-order valence-corrected chi connectivity index (χ3v) is 3.78. The predicted molar refractivity (Wildman–Crippen MR) is 96.8 cm³/mol. The summed E-state index contributed by atoms with van der Waals surface area (Å²) in [6, 6.07) is 18.4. The molecule has 0 unspecified atom stereocenters. The molecule has 0 bridgehead atoms. The van der Waals surface area contributed by atoms with Crippen LogP contribution in [0, 0.1) is 11.3 Å². The quantitative estimate of drug-likeness (QED) is 0.564. The number of aliphatic carboxylic acids is 1. The summed E-state index contributed by atoms with van der Waals surface area (Å²) in [7, 11) is 1.56. The Kier molecular flexibility index (Phi) is 4.81. The van der Waals surface area contributed by atoms with Gasteiger partial charge in [0.2, 0.25) is 0 Å². The molecule has 1 heterocycles. The highest BCUT2D eigenvalue weighted by molar-refractivity contribution is 5.97. The maximum absolute atomic E-state index is 11.2. The van der Waals surface area contributed by atoms with Crippen LogP contribution < -0.4 is 4.74 Å². The van der Waals surface area contributed by atoms with E-state index < -0.39 is 5.97 Å². The second-order valence-corrected chi connectivity index (χ2v) is 5.39. The van der Waals surface area contributed by atoms with Crippen LogP contribution >= 0.6 is 0 Å². The molecular weight excluding hydrogens is 330 g/mol. The van der Waals surface area contributed by atoms with Crippen molar-refractivity contribution in [3.05, 3.63) is 71.9 Å². The molecule has 3 rings (SSSR count). The van der Waals surface area contributed by atoms with E-state index in [0.717, 1.165) is 5.69 Å². The van der Waals surface area contributed by atoms with Crippen LogP contribution in [0.4, 0.5) is 0 Å².